The maximum atomic E-state index is 14.5. The lowest BCUT2D eigenvalue weighted by Gasteiger charge is -2.29. The molecular weight excluding hydrogens is 371 g/mol. The van der Waals surface area contributed by atoms with E-state index < -0.39 is 28.9 Å². The van der Waals surface area contributed by atoms with Crippen LogP contribution in [0.25, 0.3) is 0 Å². The molecule has 1 aromatic carbocycles. The molecule has 1 amide bonds. The molecule has 1 fully saturated rings. The van der Waals surface area contributed by atoms with Crippen molar-refractivity contribution in [1.29, 1.82) is 0 Å². The largest absolute Gasteiger partial charge is 0.311 e. The highest BCUT2D eigenvalue weighted by Crippen LogP contribution is 2.47. The number of carbonyl (C=O) groups is 2. The lowest BCUT2D eigenvalue weighted by atomic mass is 9.76. The van der Waals surface area contributed by atoms with Gasteiger partial charge in [-0.3, -0.25) is 9.59 Å². The van der Waals surface area contributed by atoms with Crippen molar-refractivity contribution in [3.63, 3.8) is 0 Å². The van der Waals surface area contributed by atoms with E-state index >= 15 is 0 Å². The minimum atomic E-state index is -1.28. The quantitative estimate of drug-likeness (QED) is 0.788. The van der Waals surface area contributed by atoms with Gasteiger partial charge in [0.1, 0.15) is 17.4 Å². The molecule has 28 heavy (non-hydrogen) atoms. The average Bonchev–Trinajstić information content (AvgIpc) is 2.93. The van der Waals surface area contributed by atoms with Crippen LogP contribution in [-0.2, 0) is 15.1 Å². The Balaban J connectivity index is 1.94. The van der Waals surface area contributed by atoms with Gasteiger partial charge in [-0.25, -0.2) is 17.9 Å². The summed E-state index contributed by atoms with van der Waals surface area (Å²) in [5.74, 6) is -4.13. The summed E-state index contributed by atoms with van der Waals surface area (Å²) in [5, 5.41) is 7.46. The lowest BCUT2D eigenvalue weighted by Crippen LogP contribution is -2.30. The highest BCUT2D eigenvalue weighted by Gasteiger charge is 2.41. The van der Waals surface area contributed by atoms with Gasteiger partial charge < -0.3 is 5.32 Å². The van der Waals surface area contributed by atoms with Crippen LogP contribution in [0.1, 0.15) is 68.7 Å². The predicted molar refractivity (Wildman–Crippen MR) is 95.6 cm³/mol. The van der Waals surface area contributed by atoms with Crippen LogP contribution in [-0.4, -0.2) is 21.5 Å². The molecule has 5 nitrogen and oxygen atoms in total. The number of rotatable bonds is 2. The number of fused-ring (bicyclic) bond motifs is 1. The Morgan fingerprint density at radius 3 is 2.29 bits per heavy atom. The first-order valence-corrected chi connectivity index (χ1v) is 9.15. The summed E-state index contributed by atoms with van der Waals surface area (Å²) >= 11 is 0. The van der Waals surface area contributed by atoms with Gasteiger partial charge >= 0.3 is 0 Å². The van der Waals surface area contributed by atoms with Gasteiger partial charge in [0, 0.05) is 42.7 Å². The first-order chi connectivity index (χ1) is 13.1. The molecule has 0 spiro atoms. The van der Waals surface area contributed by atoms with E-state index in [-0.39, 0.29) is 29.6 Å². The first kappa shape index (κ1) is 18.7. The van der Waals surface area contributed by atoms with Gasteiger partial charge in [0.25, 0.3) is 0 Å². The molecule has 1 aromatic heterocycles. The van der Waals surface area contributed by atoms with Gasteiger partial charge in [0.05, 0.1) is 11.2 Å². The van der Waals surface area contributed by atoms with E-state index in [0.29, 0.717) is 36.0 Å². The maximum absolute atomic E-state index is 14.5. The van der Waals surface area contributed by atoms with E-state index in [1.807, 2.05) is 20.8 Å². The summed E-state index contributed by atoms with van der Waals surface area (Å²) in [6.45, 7) is 5.72. The highest BCUT2D eigenvalue weighted by molar-refractivity contribution is 5.95. The number of aromatic nitrogens is 2. The number of nitrogens with one attached hydrogen (secondary N) is 1. The smallest absolute Gasteiger partial charge is 0.226 e. The summed E-state index contributed by atoms with van der Waals surface area (Å²) in [6, 6.07) is 1.30. The van der Waals surface area contributed by atoms with Crippen LogP contribution < -0.4 is 5.32 Å². The summed E-state index contributed by atoms with van der Waals surface area (Å²) in [4.78, 5) is 23.9. The monoisotopic (exact) mass is 391 g/mol. The van der Waals surface area contributed by atoms with Crippen molar-refractivity contribution in [3.8, 4) is 0 Å². The zero-order valence-electron chi connectivity index (χ0n) is 15.8. The molecule has 1 atom stereocenters. The van der Waals surface area contributed by atoms with Crippen molar-refractivity contribution in [3.05, 3.63) is 46.4 Å². The number of benzene rings is 1. The Kier molecular flexibility index (Phi) is 4.13. The summed E-state index contributed by atoms with van der Waals surface area (Å²) in [6.07, 6.45) is 0.543. The van der Waals surface area contributed by atoms with E-state index in [9.17, 15) is 22.8 Å². The van der Waals surface area contributed by atoms with Gasteiger partial charge in [0.15, 0.2) is 11.6 Å². The minimum absolute atomic E-state index is 0.0876. The number of Topliss-reactive ketones (excluding diaryl/α,β-unsaturated/α-hetero) is 1. The molecule has 0 bridgehead atoms. The molecule has 1 saturated carbocycles. The van der Waals surface area contributed by atoms with E-state index in [4.69, 9.17) is 0 Å². The number of amides is 1. The van der Waals surface area contributed by atoms with Crippen LogP contribution in [0.4, 0.5) is 19.0 Å². The van der Waals surface area contributed by atoms with Crippen molar-refractivity contribution in [2.75, 3.05) is 5.32 Å². The first-order valence-electron chi connectivity index (χ1n) is 9.15. The Morgan fingerprint density at radius 2 is 1.68 bits per heavy atom. The van der Waals surface area contributed by atoms with E-state index in [0.717, 1.165) is 6.07 Å². The van der Waals surface area contributed by atoms with Crippen LogP contribution in [0.2, 0.25) is 0 Å². The van der Waals surface area contributed by atoms with E-state index in [2.05, 4.69) is 10.4 Å². The third-order valence-corrected chi connectivity index (χ3v) is 5.33. The summed E-state index contributed by atoms with van der Waals surface area (Å²) < 4.78 is 43.5. The third-order valence-electron chi connectivity index (χ3n) is 5.33. The number of hydrogen-bond donors (Lipinski definition) is 1. The molecule has 2 heterocycles. The molecule has 2 aromatic rings. The second-order valence-corrected chi connectivity index (χ2v) is 8.47. The standard InChI is InChI=1S/C20H20F3N3O2/c1-20(2,3)26-19-17(18(25-26)9-4-10(27)5-9)12(7-16(28)24-19)11-6-14(22)15(23)8-13(11)21/h6,8-9,12H,4-5,7H2,1-3H3,(H,24,28). The number of hydrogen-bond acceptors (Lipinski definition) is 3. The average molecular weight is 391 g/mol. The van der Waals surface area contributed by atoms with Gasteiger partial charge in [-0.1, -0.05) is 0 Å². The highest BCUT2D eigenvalue weighted by atomic mass is 19.2. The van der Waals surface area contributed by atoms with Crippen LogP contribution >= 0.6 is 0 Å². The lowest BCUT2D eigenvalue weighted by molar-refractivity contribution is -0.124. The molecule has 0 radical (unpaired) electrons. The number of ketones is 1. The van der Waals surface area contributed by atoms with Crippen LogP contribution in [0.15, 0.2) is 12.1 Å². The van der Waals surface area contributed by atoms with Gasteiger partial charge in [-0.2, -0.15) is 5.10 Å². The molecule has 1 N–H and O–H groups in total. The number of carbonyl (C=O) groups excluding carboxylic acids is 2. The van der Waals surface area contributed by atoms with E-state index in [1.165, 1.54) is 0 Å². The molecule has 1 unspecified atom stereocenters. The SMILES string of the molecule is CC(C)(C)n1nc(C2CC(=O)C2)c2c1NC(=O)CC2c1cc(F)c(F)cc1F. The predicted octanol–water partition coefficient (Wildman–Crippen LogP) is 3.98. The Hall–Kier alpha value is -2.64. The molecule has 1 aliphatic heterocycles. The summed E-state index contributed by atoms with van der Waals surface area (Å²) in [5.41, 5.74) is 0.614. The summed E-state index contributed by atoms with van der Waals surface area (Å²) in [7, 11) is 0. The number of halogens is 3. The van der Waals surface area contributed by atoms with E-state index in [1.54, 1.807) is 4.68 Å². The fourth-order valence-corrected chi connectivity index (χ4v) is 3.92. The van der Waals surface area contributed by atoms with Gasteiger partial charge in [-0.05, 0) is 32.4 Å². The number of anilines is 1. The molecule has 2 aliphatic rings. The van der Waals surface area contributed by atoms with Gasteiger partial charge in [0.2, 0.25) is 5.91 Å². The number of nitrogens with zero attached hydrogens (tertiary/aromatic N) is 2. The fraction of sp³-hybridized carbons (Fsp3) is 0.450. The van der Waals surface area contributed by atoms with Crippen LogP contribution in [0.3, 0.4) is 0 Å². The molecular formula is C20H20F3N3O2. The maximum Gasteiger partial charge on any atom is 0.226 e. The molecule has 148 valence electrons. The normalized spacial score (nSPS) is 20.0. The van der Waals surface area contributed by atoms with Crippen molar-refractivity contribution in [2.45, 2.75) is 57.4 Å². The van der Waals surface area contributed by atoms with Gasteiger partial charge in [-0.15, -0.1) is 0 Å². The third kappa shape index (κ3) is 2.91. The second-order valence-electron chi connectivity index (χ2n) is 8.47. The van der Waals surface area contributed by atoms with Crippen molar-refractivity contribution >= 4 is 17.5 Å². The molecule has 1 aliphatic carbocycles. The van der Waals surface area contributed by atoms with Crippen LogP contribution in [0.5, 0.6) is 0 Å². The Labute approximate surface area is 159 Å². The Bertz CT molecular complexity index is 999. The van der Waals surface area contributed by atoms with Crippen molar-refractivity contribution in [2.24, 2.45) is 0 Å². The molecule has 8 heteroatoms. The minimum Gasteiger partial charge on any atom is -0.311 e. The zero-order valence-corrected chi connectivity index (χ0v) is 15.8. The zero-order chi connectivity index (χ0) is 20.4. The van der Waals surface area contributed by atoms with Crippen LogP contribution in [0, 0.1) is 17.5 Å². The van der Waals surface area contributed by atoms with Crippen molar-refractivity contribution in [1.82, 2.24) is 9.78 Å². The topological polar surface area (TPSA) is 64.0 Å². The van der Waals surface area contributed by atoms with Crippen molar-refractivity contribution < 1.29 is 22.8 Å². The molecule has 4 rings (SSSR count). The molecule has 0 saturated heterocycles. The Morgan fingerprint density at radius 1 is 1.04 bits per heavy atom. The fourth-order valence-electron chi connectivity index (χ4n) is 3.92. The second kappa shape index (κ2) is 6.18.